The van der Waals surface area contributed by atoms with Crippen LogP contribution in [0.5, 0.6) is 0 Å². The number of hydrogen-bond donors (Lipinski definition) is 2. The fourth-order valence-corrected chi connectivity index (χ4v) is 1.91. The van der Waals surface area contributed by atoms with E-state index in [0.717, 1.165) is 11.3 Å². The van der Waals surface area contributed by atoms with Crippen molar-refractivity contribution in [2.75, 3.05) is 5.73 Å². The number of nitrogen functional groups attached to an aromatic ring is 1. The van der Waals surface area contributed by atoms with Crippen molar-refractivity contribution in [3.63, 3.8) is 0 Å². The second-order valence-electron chi connectivity index (χ2n) is 5.35. The molecule has 0 aromatic carbocycles. The number of ether oxygens (including phenoxy) is 1. The lowest BCUT2D eigenvalue weighted by Gasteiger charge is -2.22. The summed E-state index contributed by atoms with van der Waals surface area (Å²) in [5.41, 5.74) is 4.45. The number of anilines is 1. The van der Waals surface area contributed by atoms with Gasteiger partial charge >= 0.3 is 11.9 Å². The Hall–Kier alpha value is -2.16. The number of carboxylic acid groups (broad SMARTS) is 1. The highest BCUT2D eigenvalue weighted by Crippen LogP contribution is 2.14. The molecule has 0 fully saturated rings. The molecule has 22 heavy (non-hydrogen) atoms. The summed E-state index contributed by atoms with van der Waals surface area (Å²) in [5.74, 6) is -1.94. The van der Waals surface area contributed by atoms with Gasteiger partial charge in [-0.1, -0.05) is 12.1 Å². The van der Waals surface area contributed by atoms with Crippen LogP contribution in [-0.4, -0.2) is 39.4 Å². The van der Waals surface area contributed by atoms with Crippen LogP contribution in [0.4, 0.5) is 5.13 Å². The molecular weight excluding hydrogens is 310 g/mol. The fraction of sp³-hybridized carbons (Fsp3) is 0.538. The Morgan fingerprint density at radius 1 is 1.50 bits per heavy atom. The standard InChI is InChI=1S/C13H19N3O5S/c1-5-8(11(19)20-13(2,3)4)21-16-9(10(17)18)7-6-22-12(14)15-7/h6,8H,5H2,1-4H3,(H2,14,15)(H,17,18)/b16-9-. The third-order valence-electron chi connectivity index (χ3n) is 2.28. The maximum absolute atomic E-state index is 11.9. The molecule has 1 aromatic heterocycles. The minimum absolute atomic E-state index is 0.0778. The number of thiazole rings is 1. The number of nitrogens with zero attached hydrogens (tertiary/aromatic N) is 2. The third-order valence-corrected chi connectivity index (χ3v) is 2.95. The van der Waals surface area contributed by atoms with Crippen molar-refractivity contribution in [1.82, 2.24) is 4.98 Å². The zero-order valence-corrected chi connectivity index (χ0v) is 13.6. The summed E-state index contributed by atoms with van der Waals surface area (Å²) >= 11 is 1.08. The Labute approximate surface area is 131 Å². The van der Waals surface area contributed by atoms with Gasteiger partial charge in [-0.2, -0.15) is 0 Å². The monoisotopic (exact) mass is 329 g/mol. The second kappa shape index (κ2) is 7.21. The van der Waals surface area contributed by atoms with Crippen LogP contribution in [-0.2, 0) is 19.2 Å². The van der Waals surface area contributed by atoms with E-state index in [4.69, 9.17) is 20.4 Å². The first kappa shape index (κ1) is 17.9. The SMILES string of the molecule is CCC(O/N=C(\C(=O)O)c1csc(N)n1)C(=O)OC(C)(C)C. The number of esters is 1. The number of hydrogen-bond acceptors (Lipinski definition) is 8. The average molecular weight is 329 g/mol. The maximum Gasteiger partial charge on any atom is 0.360 e. The van der Waals surface area contributed by atoms with E-state index in [9.17, 15) is 9.59 Å². The van der Waals surface area contributed by atoms with Crippen molar-refractivity contribution in [3.8, 4) is 0 Å². The molecule has 1 heterocycles. The van der Waals surface area contributed by atoms with Gasteiger partial charge in [-0.05, 0) is 27.2 Å². The second-order valence-corrected chi connectivity index (χ2v) is 6.24. The van der Waals surface area contributed by atoms with Crippen LogP contribution in [0.25, 0.3) is 0 Å². The van der Waals surface area contributed by atoms with Gasteiger partial charge in [0.2, 0.25) is 11.8 Å². The quantitative estimate of drug-likeness (QED) is 0.462. The first-order chi connectivity index (χ1) is 10.1. The van der Waals surface area contributed by atoms with Gasteiger partial charge in [0.15, 0.2) is 5.13 Å². The normalized spacial score (nSPS) is 13.5. The molecule has 1 unspecified atom stereocenters. The van der Waals surface area contributed by atoms with Crippen LogP contribution < -0.4 is 5.73 Å². The van der Waals surface area contributed by atoms with E-state index in [1.54, 1.807) is 27.7 Å². The summed E-state index contributed by atoms with van der Waals surface area (Å²) in [6.45, 7) is 6.87. The number of oxime groups is 1. The molecule has 0 spiro atoms. The molecule has 0 bridgehead atoms. The van der Waals surface area contributed by atoms with Crippen molar-refractivity contribution in [2.24, 2.45) is 5.16 Å². The predicted molar refractivity (Wildman–Crippen MR) is 81.7 cm³/mol. The van der Waals surface area contributed by atoms with E-state index in [0.29, 0.717) is 0 Å². The molecule has 0 saturated carbocycles. The van der Waals surface area contributed by atoms with Gasteiger partial charge < -0.3 is 20.4 Å². The summed E-state index contributed by atoms with van der Waals surface area (Å²) in [6.07, 6.45) is -0.714. The largest absolute Gasteiger partial charge is 0.476 e. The van der Waals surface area contributed by atoms with Crippen LogP contribution in [0.2, 0.25) is 0 Å². The summed E-state index contributed by atoms with van der Waals surface area (Å²) < 4.78 is 5.18. The molecule has 1 aromatic rings. The van der Waals surface area contributed by atoms with E-state index in [1.165, 1.54) is 5.38 Å². The van der Waals surface area contributed by atoms with E-state index in [1.807, 2.05) is 0 Å². The van der Waals surface area contributed by atoms with Crippen molar-refractivity contribution in [3.05, 3.63) is 11.1 Å². The number of aromatic nitrogens is 1. The molecule has 122 valence electrons. The Morgan fingerprint density at radius 3 is 2.55 bits per heavy atom. The topological polar surface area (TPSA) is 124 Å². The van der Waals surface area contributed by atoms with Crippen molar-refractivity contribution >= 4 is 34.1 Å². The average Bonchev–Trinajstić information content (AvgIpc) is 2.78. The molecule has 1 rings (SSSR count). The molecule has 0 amide bonds. The van der Waals surface area contributed by atoms with Gasteiger partial charge in [-0.15, -0.1) is 11.3 Å². The number of rotatable bonds is 6. The lowest BCUT2D eigenvalue weighted by atomic mass is 10.2. The Kier molecular flexibility index (Phi) is 5.86. The first-order valence-electron chi connectivity index (χ1n) is 6.55. The van der Waals surface area contributed by atoms with Crippen LogP contribution in [0.15, 0.2) is 10.5 Å². The summed E-state index contributed by atoms with van der Waals surface area (Å²) in [4.78, 5) is 32.0. The zero-order chi connectivity index (χ0) is 16.9. The van der Waals surface area contributed by atoms with Gasteiger partial charge in [0.25, 0.3) is 0 Å². The molecule has 0 aliphatic rings. The molecule has 0 radical (unpaired) electrons. The van der Waals surface area contributed by atoms with Crippen molar-refractivity contribution < 1.29 is 24.3 Å². The first-order valence-corrected chi connectivity index (χ1v) is 7.43. The molecule has 1 atom stereocenters. The molecule has 0 saturated heterocycles. The highest BCUT2D eigenvalue weighted by atomic mass is 32.1. The molecular formula is C13H19N3O5S. The summed E-state index contributed by atoms with van der Waals surface area (Å²) in [5, 5.41) is 14.3. The number of aliphatic carboxylic acids is 1. The molecule has 0 aliphatic heterocycles. The number of carbonyl (C=O) groups is 2. The summed E-state index contributed by atoms with van der Waals surface area (Å²) in [6, 6.07) is 0. The van der Waals surface area contributed by atoms with E-state index in [-0.39, 0.29) is 17.2 Å². The minimum Gasteiger partial charge on any atom is -0.476 e. The van der Waals surface area contributed by atoms with E-state index >= 15 is 0 Å². The van der Waals surface area contributed by atoms with Gasteiger partial charge in [-0.25, -0.2) is 14.6 Å². The Morgan fingerprint density at radius 2 is 2.14 bits per heavy atom. The number of carbonyl (C=O) groups excluding carboxylic acids is 1. The van der Waals surface area contributed by atoms with Crippen LogP contribution in [0.1, 0.15) is 39.8 Å². The molecule has 0 aliphatic carbocycles. The molecule has 9 heteroatoms. The summed E-state index contributed by atoms with van der Waals surface area (Å²) in [7, 11) is 0. The third kappa shape index (κ3) is 5.32. The fourth-order valence-electron chi connectivity index (χ4n) is 1.36. The minimum atomic E-state index is -1.33. The van der Waals surface area contributed by atoms with Gasteiger partial charge in [0, 0.05) is 5.38 Å². The number of carboxylic acids is 1. The van der Waals surface area contributed by atoms with Gasteiger partial charge in [-0.3, -0.25) is 0 Å². The zero-order valence-electron chi connectivity index (χ0n) is 12.8. The molecule has 8 nitrogen and oxygen atoms in total. The lowest BCUT2D eigenvalue weighted by molar-refractivity contribution is -0.169. The Bertz CT molecular complexity index is 576. The van der Waals surface area contributed by atoms with Gasteiger partial charge in [0.05, 0.1) is 0 Å². The predicted octanol–water partition coefficient (Wildman–Crippen LogP) is 1.65. The van der Waals surface area contributed by atoms with Crippen molar-refractivity contribution in [1.29, 1.82) is 0 Å². The van der Waals surface area contributed by atoms with Crippen LogP contribution in [0.3, 0.4) is 0 Å². The molecule has 3 N–H and O–H groups in total. The van der Waals surface area contributed by atoms with Crippen LogP contribution in [0, 0.1) is 0 Å². The van der Waals surface area contributed by atoms with Crippen molar-refractivity contribution in [2.45, 2.75) is 45.8 Å². The Balaban J connectivity index is 2.88. The van der Waals surface area contributed by atoms with E-state index < -0.39 is 29.4 Å². The highest BCUT2D eigenvalue weighted by Gasteiger charge is 2.26. The number of nitrogens with two attached hydrogens (primary N) is 1. The van der Waals surface area contributed by atoms with Gasteiger partial charge in [0.1, 0.15) is 11.3 Å². The van der Waals surface area contributed by atoms with E-state index in [2.05, 4.69) is 10.1 Å². The maximum atomic E-state index is 11.9. The highest BCUT2D eigenvalue weighted by molar-refractivity contribution is 7.13. The smallest absolute Gasteiger partial charge is 0.360 e. The van der Waals surface area contributed by atoms with Crippen LogP contribution >= 0.6 is 11.3 Å². The lowest BCUT2D eigenvalue weighted by Crippen LogP contribution is -2.32.